The molecule has 0 spiro atoms. The van der Waals surface area contributed by atoms with E-state index >= 15 is 0 Å². The van der Waals surface area contributed by atoms with Crippen LogP contribution in [-0.4, -0.2) is 25.5 Å². The maximum atomic E-state index is 13.6. The number of rotatable bonds is 7. The van der Waals surface area contributed by atoms with Crippen LogP contribution in [0.2, 0.25) is 0 Å². The first-order valence-corrected chi connectivity index (χ1v) is 10.5. The number of ether oxygens (including phenoxy) is 2. The lowest BCUT2D eigenvalue weighted by Gasteiger charge is -2.19. The molecule has 3 aromatic rings. The SMILES string of the molecule is CCOc1ccc(NC2=C(c3ccc(F)cc3)C(=O)N(c3cc(C)ccc3OC)C2=O)cc1. The molecule has 0 aromatic heterocycles. The summed E-state index contributed by atoms with van der Waals surface area (Å²) in [6.45, 7) is 4.29. The van der Waals surface area contributed by atoms with E-state index in [1.807, 2.05) is 19.9 Å². The third-order valence-corrected chi connectivity index (χ3v) is 5.23. The molecule has 0 aliphatic carbocycles. The van der Waals surface area contributed by atoms with Crippen LogP contribution in [-0.2, 0) is 9.59 Å². The normalized spacial score (nSPS) is 13.5. The predicted octanol–water partition coefficient (Wildman–Crippen LogP) is 4.94. The number of nitrogens with one attached hydrogen (secondary N) is 1. The molecule has 2 amide bonds. The molecule has 0 saturated carbocycles. The lowest BCUT2D eigenvalue weighted by molar-refractivity contribution is -0.120. The number of hydrogen-bond donors (Lipinski definition) is 1. The standard InChI is InChI=1S/C26H23FN2O4/c1-4-33-20-12-10-19(11-13-20)28-24-23(17-6-8-18(27)9-7-17)25(30)29(26(24)31)21-15-16(2)5-14-22(21)32-3/h5-15,28H,4H2,1-3H3. The molecule has 0 fully saturated rings. The summed E-state index contributed by atoms with van der Waals surface area (Å²) >= 11 is 0. The van der Waals surface area contributed by atoms with Crippen molar-refractivity contribution >= 4 is 28.8 Å². The number of nitrogens with zero attached hydrogens (tertiary/aromatic N) is 1. The molecule has 168 valence electrons. The average Bonchev–Trinajstić information content (AvgIpc) is 3.05. The quantitative estimate of drug-likeness (QED) is 0.521. The minimum absolute atomic E-state index is 0.0966. The molecule has 1 aliphatic heterocycles. The Kier molecular flexibility index (Phi) is 6.13. The van der Waals surface area contributed by atoms with Gasteiger partial charge < -0.3 is 14.8 Å². The fourth-order valence-electron chi connectivity index (χ4n) is 3.67. The van der Waals surface area contributed by atoms with Crippen molar-refractivity contribution in [2.45, 2.75) is 13.8 Å². The number of hydrogen-bond acceptors (Lipinski definition) is 5. The molecule has 1 aliphatic rings. The molecule has 6 nitrogen and oxygen atoms in total. The Morgan fingerprint density at radius 1 is 0.939 bits per heavy atom. The molecular formula is C26H23FN2O4. The third-order valence-electron chi connectivity index (χ3n) is 5.23. The fourth-order valence-corrected chi connectivity index (χ4v) is 3.67. The molecule has 1 heterocycles. The van der Waals surface area contributed by atoms with E-state index in [9.17, 15) is 14.0 Å². The summed E-state index contributed by atoms with van der Waals surface area (Å²) in [6, 6.07) is 17.8. The average molecular weight is 446 g/mol. The summed E-state index contributed by atoms with van der Waals surface area (Å²) in [5.41, 5.74) is 2.49. The molecule has 33 heavy (non-hydrogen) atoms. The van der Waals surface area contributed by atoms with Gasteiger partial charge in [-0.3, -0.25) is 9.59 Å². The van der Waals surface area contributed by atoms with Crippen molar-refractivity contribution in [2.75, 3.05) is 23.9 Å². The maximum Gasteiger partial charge on any atom is 0.282 e. The topological polar surface area (TPSA) is 67.9 Å². The summed E-state index contributed by atoms with van der Waals surface area (Å²) in [5, 5.41) is 3.08. The number of aryl methyl sites for hydroxylation is 1. The lowest BCUT2D eigenvalue weighted by Crippen LogP contribution is -2.32. The number of amides is 2. The Hall–Kier alpha value is -4.13. The van der Waals surface area contributed by atoms with Crippen LogP contribution < -0.4 is 19.7 Å². The van der Waals surface area contributed by atoms with Gasteiger partial charge in [-0.1, -0.05) is 18.2 Å². The van der Waals surface area contributed by atoms with Crippen molar-refractivity contribution in [3.8, 4) is 11.5 Å². The van der Waals surface area contributed by atoms with Crippen LogP contribution in [0.5, 0.6) is 11.5 Å². The number of carbonyl (C=O) groups is 2. The Labute approximate surface area is 191 Å². The van der Waals surface area contributed by atoms with Gasteiger partial charge in [-0.05, 0) is 73.5 Å². The van der Waals surface area contributed by atoms with Gasteiger partial charge in [0, 0.05) is 5.69 Å². The van der Waals surface area contributed by atoms with Crippen molar-refractivity contribution in [1.82, 2.24) is 0 Å². The van der Waals surface area contributed by atoms with E-state index in [1.165, 1.54) is 31.4 Å². The van der Waals surface area contributed by atoms with Gasteiger partial charge >= 0.3 is 0 Å². The van der Waals surface area contributed by atoms with Crippen molar-refractivity contribution < 1.29 is 23.5 Å². The van der Waals surface area contributed by atoms with Crippen LogP contribution in [0.4, 0.5) is 15.8 Å². The number of carbonyl (C=O) groups excluding carboxylic acids is 2. The van der Waals surface area contributed by atoms with Crippen LogP contribution >= 0.6 is 0 Å². The zero-order chi connectivity index (χ0) is 23.5. The van der Waals surface area contributed by atoms with Crippen LogP contribution in [0.25, 0.3) is 5.57 Å². The van der Waals surface area contributed by atoms with E-state index in [-0.39, 0.29) is 11.3 Å². The summed E-state index contributed by atoms with van der Waals surface area (Å²) in [7, 11) is 1.48. The van der Waals surface area contributed by atoms with Crippen LogP contribution in [0.1, 0.15) is 18.1 Å². The Morgan fingerprint density at radius 3 is 2.27 bits per heavy atom. The largest absolute Gasteiger partial charge is 0.495 e. The Bertz CT molecular complexity index is 1230. The Balaban J connectivity index is 1.80. The van der Waals surface area contributed by atoms with E-state index in [2.05, 4.69) is 5.32 Å². The van der Waals surface area contributed by atoms with Gasteiger partial charge in [-0.2, -0.15) is 0 Å². The first-order valence-electron chi connectivity index (χ1n) is 10.5. The van der Waals surface area contributed by atoms with Crippen LogP contribution in [0.3, 0.4) is 0 Å². The van der Waals surface area contributed by atoms with Gasteiger partial charge in [0.25, 0.3) is 11.8 Å². The number of halogens is 1. The highest BCUT2D eigenvalue weighted by molar-refractivity contribution is 6.46. The molecule has 0 radical (unpaired) electrons. The highest BCUT2D eigenvalue weighted by Crippen LogP contribution is 2.38. The monoisotopic (exact) mass is 446 g/mol. The van der Waals surface area contributed by atoms with Gasteiger partial charge in [0.15, 0.2) is 0 Å². The molecule has 4 rings (SSSR count). The van der Waals surface area contributed by atoms with Crippen molar-refractivity contribution in [2.24, 2.45) is 0 Å². The predicted molar refractivity (Wildman–Crippen MR) is 125 cm³/mol. The maximum absolute atomic E-state index is 13.6. The smallest absolute Gasteiger partial charge is 0.282 e. The zero-order valence-electron chi connectivity index (χ0n) is 18.5. The van der Waals surface area contributed by atoms with E-state index in [1.54, 1.807) is 36.4 Å². The van der Waals surface area contributed by atoms with Crippen molar-refractivity contribution in [3.63, 3.8) is 0 Å². The van der Waals surface area contributed by atoms with Gasteiger partial charge in [0.2, 0.25) is 0 Å². The first-order chi connectivity index (χ1) is 15.9. The fraction of sp³-hybridized carbons (Fsp3) is 0.154. The van der Waals surface area contributed by atoms with Crippen molar-refractivity contribution in [1.29, 1.82) is 0 Å². The summed E-state index contributed by atoms with van der Waals surface area (Å²) in [6.07, 6.45) is 0. The van der Waals surface area contributed by atoms with Crippen molar-refractivity contribution in [3.05, 3.63) is 89.4 Å². The summed E-state index contributed by atoms with van der Waals surface area (Å²) in [4.78, 5) is 28.2. The van der Waals surface area contributed by atoms with Crippen LogP contribution in [0, 0.1) is 12.7 Å². The molecule has 7 heteroatoms. The van der Waals surface area contributed by atoms with Crippen LogP contribution in [0.15, 0.2) is 72.4 Å². The second-order valence-corrected chi connectivity index (χ2v) is 7.46. The second kappa shape index (κ2) is 9.16. The number of benzene rings is 3. The van der Waals surface area contributed by atoms with Gasteiger partial charge in [0.1, 0.15) is 23.0 Å². The first kappa shape index (κ1) is 22.1. The molecule has 0 unspecified atom stereocenters. The van der Waals surface area contributed by atoms with E-state index in [4.69, 9.17) is 9.47 Å². The van der Waals surface area contributed by atoms with E-state index < -0.39 is 17.6 Å². The Morgan fingerprint density at radius 2 is 1.64 bits per heavy atom. The molecule has 0 atom stereocenters. The van der Waals surface area contributed by atoms with E-state index in [0.29, 0.717) is 35.0 Å². The molecular weight excluding hydrogens is 423 g/mol. The van der Waals surface area contributed by atoms with Gasteiger partial charge in [-0.15, -0.1) is 0 Å². The molecule has 3 aromatic carbocycles. The number of methoxy groups -OCH3 is 1. The second-order valence-electron chi connectivity index (χ2n) is 7.46. The highest BCUT2D eigenvalue weighted by Gasteiger charge is 2.41. The zero-order valence-corrected chi connectivity index (χ0v) is 18.5. The third kappa shape index (κ3) is 4.30. The molecule has 1 N–H and O–H groups in total. The highest BCUT2D eigenvalue weighted by atomic mass is 19.1. The van der Waals surface area contributed by atoms with Gasteiger partial charge in [-0.25, -0.2) is 9.29 Å². The van der Waals surface area contributed by atoms with E-state index in [0.717, 1.165) is 10.5 Å². The summed E-state index contributed by atoms with van der Waals surface area (Å²) < 4.78 is 24.4. The minimum atomic E-state index is -0.530. The molecule has 0 bridgehead atoms. The number of imide groups is 1. The lowest BCUT2D eigenvalue weighted by atomic mass is 10.0. The van der Waals surface area contributed by atoms with Gasteiger partial charge in [0.05, 0.1) is 25.0 Å². The number of anilines is 2. The minimum Gasteiger partial charge on any atom is -0.495 e. The summed E-state index contributed by atoms with van der Waals surface area (Å²) in [5.74, 6) is -0.408. The molecule has 0 saturated heterocycles.